The van der Waals surface area contributed by atoms with Crippen LogP contribution in [0.1, 0.15) is 15.9 Å². The molecule has 0 N–H and O–H groups in total. The van der Waals surface area contributed by atoms with Gasteiger partial charge in [-0.15, -0.1) is 0 Å². The van der Waals surface area contributed by atoms with Gasteiger partial charge in [-0.25, -0.2) is 0 Å². The van der Waals surface area contributed by atoms with Crippen LogP contribution in [-0.2, 0) is 0 Å². The molecule has 68 valence electrons. The van der Waals surface area contributed by atoms with Crippen molar-refractivity contribution >= 4 is 6.29 Å². The highest BCUT2D eigenvalue weighted by atomic mass is 16.1. The second-order valence-corrected chi connectivity index (χ2v) is 2.43. The molecule has 1 aromatic rings. The van der Waals surface area contributed by atoms with Crippen LogP contribution in [0.15, 0.2) is 29.4 Å². The zero-order chi connectivity index (χ0) is 10.2. The number of carbonyl (C=O) groups excluding carboxylic acids is 1. The maximum absolute atomic E-state index is 10.4. The van der Waals surface area contributed by atoms with Gasteiger partial charge in [0.2, 0.25) is 0 Å². The highest BCUT2D eigenvalue weighted by Crippen LogP contribution is 2.00. The fourth-order valence-electron chi connectivity index (χ4n) is 0.898. The molecule has 4 heteroatoms. The zero-order valence-electron chi connectivity index (χ0n) is 7.34. The maximum atomic E-state index is 10.4. The van der Waals surface area contributed by atoms with E-state index < -0.39 is 0 Å². The largest absolute Gasteiger partial charge is 0.298 e. The van der Waals surface area contributed by atoms with Crippen LogP contribution >= 0.6 is 0 Å². The van der Waals surface area contributed by atoms with Crippen molar-refractivity contribution in [3.8, 4) is 11.8 Å². The van der Waals surface area contributed by atoms with Gasteiger partial charge in [0.25, 0.3) is 0 Å². The number of hydrogen-bond donors (Lipinski definition) is 0. The van der Waals surface area contributed by atoms with E-state index in [4.69, 9.17) is 5.53 Å². The van der Waals surface area contributed by atoms with Gasteiger partial charge in [0, 0.05) is 16.0 Å². The number of rotatable bonds is 2. The van der Waals surface area contributed by atoms with Crippen LogP contribution in [0.4, 0.5) is 0 Å². The van der Waals surface area contributed by atoms with E-state index in [1.54, 1.807) is 24.3 Å². The third-order valence-corrected chi connectivity index (χ3v) is 1.47. The SMILES string of the molecule is [N-]=[N+]=NCC#Cc1cccc(C=O)c1. The second-order valence-electron chi connectivity index (χ2n) is 2.43. The Morgan fingerprint density at radius 2 is 2.43 bits per heavy atom. The monoisotopic (exact) mass is 185 g/mol. The molecule has 1 rings (SSSR count). The molecule has 0 aliphatic heterocycles. The quantitative estimate of drug-likeness (QED) is 0.229. The predicted octanol–water partition coefficient (Wildman–Crippen LogP) is 2.16. The van der Waals surface area contributed by atoms with Crippen molar-refractivity contribution in [3.63, 3.8) is 0 Å². The average Bonchev–Trinajstić information content (AvgIpc) is 2.25. The van der Waals surface area contributed by atoms with E-state index in [2.05, 4.69) is 21.9 Å². The van der Waals surface area contributed by atoms with Crippen LogP contribution in [0.2, 0.25) is 0 Å². The lowest BCUT2D eigenvalue weighted by Gasteiger charge is -1.90. The van der Waals surface area contributed by atoms with Crippen LogP contribution < -0.4 is 0 Å². The summed E-state index contributed by atoms with van der Waals surface area (Å²) in [5.74, 6) is 5.45. The molecule has 0 spiro atoms. The van der Waals surface area contributed by atoms with Gasteiger partial charge in [0.05, 0.1) is 6.54 Å². The van der Waals surface area contributed by atoms with E-state index in [1.165, 1.54) is 0 Å². The Kier molecular flexibility index (Phi) is 3.81. The maximum Gasteiger partial charge on any atom is 0.150 e. The minimum Gasteiger partial charge on any atom is -0.298 e. The van der Waals surface area contributed by atoms with Crippen LogP contribution in [0.5, 0.6) is 0 Å². The van der Waals surface area contributed by atoms with Crippen LogP contribution in [0.25, 0.3) is 10.4 Å². The molecule has 0 amide bonds. The average molecular weight is 185 g/mol. The van der Waals surface area contributed by atoms with Crippen molar-refractivity contribution in [3.05, 3.63) is 45.8 Å². The number of benzene rings is 1. The van der Waals surface area contributed by atoms with E-state index in [-0.39, 0.29) is 6.54 Å². The van der Waals surface area contributed by atoms with E-state index in [1.807, 2.05) is 0 Å². The standard InChI is InChI=1S/C10H7N3O/c11-13-12-6-2-5-9-3-1-4-10(7-9)8-14/h1,3-4,7-8H,6H2. The van der Waals surface area contributed by atoms with Gasteiger partial charge in [0.1, 0.15) is 6.29 Å². The van der Waals surface area contributed by atoms with Gasteiger partial charge in [-0.2, -0.15) is 0 Å². The van der Waals surface area contributed by atoms with E-state index in [0.29, 0.717) is 5.56 Å². The van der Waals surface area contributed by atoms with Crippen LogP contribution in [0, 0.1) is 11.8 Å². The molecule has 0 aliphatic carbocycles. The molecule has 0 saturated heterocycles. The lowest BCUT2D eigenvalue weighted by atomic mass is 10.1. The number of carbonyl (C=O) groups is 1. The van der Waals surface area contributed by atoms with Gasteiger partial charge < -0.3 is 0 Å². The number of azide groups is 1. The van der Waals surface area contributed by atoms with Gasteiger partial charge in [-0.05, 0) is 17.7 Å². The first-order valence-electron chi connectivity index (χ1n) is 3.92. The summed E-state index contributed by atoms with van der Waals surface area (Å²) in [7, 11) is 0. The van der Waals surface area contributed by atoms with E-state index in [9.17, 15) is 4.79 Å². The Bertz CT molecular complexity index is 436. The fraction of sp³-hybridized carbons (Fsp3) is 0.100. The van der Waals surface area contributed by atoms with Crippen molar-refractivity contribution in [2.24, 2.45) is 5.11 Å². The highest BCUT2D eigenvalue weighted by molar-refractivity contribution is 5.75. The number of hydrogen-bond acceptors (Lipinski definition) is 2. The molecular weight excluding hydrogens is 178 g/mol. The Morgan fingerprint density at radius 3 is 3.14 bits per heavy atom. The van der Waals surface area contributed by atoms with Crippen molar-refractivity contribution in [1.29, 1.82) is 0 Å². The first-order chi connectivity index (χ1) is 6.86. The molecule has 4 nitrogen and oxygen atoms in total. The number of aldehydes is 1. The first kappa shape index (κ1) is 9.85. The predicted molar refractivity (Wildman–Crippen MR) is 52.7 cm³/mol. The topological polar surface area (TPSA) is 65.8 Å². The Morgan fingerprint density at radius 1 is 1.57 bits per heavy atom. The minimum absolute atomic E-state index is 0.141. The summed E-state index contributed by atoms with van der Waals surface area (Å²) in [6, 6.07) is 6.92. The molecule has 0 unspecified atom stereocenters. The molecule has 0 aromatic heterocycles. The molecule has 14 heavy (non-hydrogen) atoms. The zero-order valence-corrected chi connectivity index (χ0v) is 7.34. The summed E-state index contributed by atoms with van der Waals surface area (Å²) in [5, 5.41) is 3.27. The highest BCUT2D eigenvalue weighted by Gasteiger charge is 1.89. The molecule has 0 bridgehead atoms. The van der Waals surface area contributed by atoms with Crippen molar-refractivity contribution in [2.75, 3.05) is 6.54 Å². The molecular formula is C10H7N3O. The van der Waals surface area contributed by atoms with Crippen LogP contribution in [-0.4, -0.2) is 12.8 Å². The molecule has 0 aliphatic rings. The fourth-order valence-corrected chi connectivity index (χ4v) is 0.898. The minimum atomic E-state index is 0.141. The summed E-state index contributed by atoms with van der Waals surface area (Å²) in [6.07, 6.45) is 0.763. The third kappa shape index (κ3) is 3.02. The molecule has 0 radical (unpaired) electrons. The summed E-state index contributed by atoms with van der Waals surface area (Å²) >= 11 is 0. The Labute approximate surface area is 81.2 Å². The van der Waals surface area contributed by atoms with Gasteiger partial charge in [-0.1, -0.05) is 29.1 Å². The van der Waals surface area contributed by atoms with Crippen molar-refractivity contribution in [2.45, 2.75) is 0 Å². The molecule has 0 saturated carbocycles. The summed E-state index contributed by atoms with van der Waals surface area (Å²) in [6.45, 7) is 0.141. The lowest BCUT2D eigenvalue weighted by Crippen LogP contribution is -1.81. The Balaban J connectivity index is 2.78. The normalized spacial score (nSPS) is 8.00. The number of nitrogens with zero attached hydrogens (tertiary/aromatic N) is 3. The summed E-state index contributed by atoms with van der Waals surface area (Å²) in [5.41, 5.74) is 9.31. The van der Waals surface area contributed by atoms with Crippen LogP contribution in [0.3, 0.4) is 0 Å². The smallest absolute Gasteiger partial charge is 0.150 e. The van der Waals surface area contributed by atoms with Gasteiger partial charge in [0.15, 0.2) is 0 Å². The van der Waals surface area contributed by atoms with Gasteiger partial charge in [-0.3, -0.25) is 4.79 Å². The second kappa shape index (κ2) is 5.41. The third-order valence-electron chi connectivity index (χ3n) is 1.47. The molecule has 0 atom stereocenters. The van der Waals surface area contributed by atoms with E-state index >= 15 is 0 Å². The van der Waals surface area contributed by atoms with Gasteiger partial charge >= 0.3 is 0 Å². The molecule has 1 aromatic carbocycles. The first-order valence-corrected chi connectivity index (χ1v) is 3.92. The Hall–Kier alpha value is -2.24. The molecule has 0 fully saturated rings. The van der Waals surface area contributed by atoms with Crippen molar-refractivity contribution < 1.29 is 4.79 Å². The van der Waals surface area contributed by atoms with E-state index in [0.717, 1.165) is 11.8 Å². The summed E-state index contributed by atoms with van der Waals surface area (Å²) in [4.78, 5) is 13.0. The van der Waals surface area contributed by atoms with Crippen molar-refractivity contribution in [1.82, 2.24) is 0 Å². The lowest BCUT2D eigenvalue weighted by molar-refractivity contribution is 0.112. The molecule has 0 heterocycles. The summed E-state index contributed by atoms with van der Waals surface area (Å²) < 4.78 is 0.